The maximum atomic E-state index is 13.7. The number of ether oxygens (including phenoxy) is 4. The number of thioether (sulfide) groups is 4. The van der Waals surface area contributed by atoms with Crippen molar-refractivity contribution < 1.29 is 33.3 Å². The number of hydrogen-bond donors (Lipinski definition) is 0. The second-order valence-corrected chi connectivity index (χ2v) is 19.6. The van der Waals surface area contributed by atoms with Crippen molar-refractivity contribution in [2.45, 2.75) is 49.3 Å². The molecule has 3 atom stereocenters. The molecule has 0 N–H and O–H groups in total. The molecule has 1 spiro atoms. The molecule has 280 valence electrons. The summed E-state index contributed by atoms with van der Waals surface area (Å²) in [5.41, 5.74) is 1.57. The van der Waals surface area contributed by atoms with Crippen LogP contribution in [0.4, 0.5) is 11.4 Å². The van der Waals surface area contributed by atoms with E-state index >= 15 is 0 Å². The highest BCUT2D eigenvalue weighted by Crippen LogP contribution is 2.54. The standard InChI is InChI=1S/C39H36N2O7S6/c1-21(53-36(49)51-6)33(42)46-26-16-24(17-27(18-26)47-34(43)22(2)54-37(50)52-7)35(44)45-25-14-12-23-13-15-31-32(28(23)19-25)40-20-39(48-31)38(3,4)29-10-8-9-11-30(29)41(39)5/h8-22H,1-7H3. The second kappa shape index (κ2) is 16.2. The van der Waals surface area contributed by atoms with Crippen molar-refractivity contribution in [2.75, 3.05) is 24.5 Å². The van der Waals surface area contributed by atoms with E-state index in [2.05, 4.69) is 30.9 Å². The quantitative estimate of drug-likeness (QED) is 0.0956. The van der Waals surface area contributed by atoms with E-state index in [4.69, 9.17) is 48.4 Å². The molecule has 9 nitrogen and oxygen atoms in total. The summed E-state index contributed by atoms with van der Waals surface area (Å²) >= 11 is 15.6. The van der Waals surface area contributed by atoms with Crippen LogP contribution in [0, 0.1) is 0 Å². The fourth-order valence-corrected chi connectivity index (χ4v) is 9.64. The van der Waals surface area contributed by atoms with Crippen LogP contribution in [-0.2, 0) is 15.0 Å². The summed E-state index contributed by atoms with van der Waals surface area (Å²) < 4.78 is 25.1. The van der Waals surface area contributed by atoms with Crippen molar-refractivity contribution in [3.8, 4) is 23.0 Å². The molecule has 4 aromatic rings. The van der Waals surface area contributed by atoms with E-state index in [1.165, 1.54) is 65.2 Å². The van der Waals surface area contributed by atoms with Crippen LogP contribution in [0.15, 0.2) is 77.8 Å². The minimum Gasteiger partial charge on any atom is -0.459 e. The van der Waals surface area contributed by atoms with Gasteiger partial charge in [-0.1, -0.05) is 78.3 Å². The van der Waals surface area contributed by atoms with E-state index in [0.717, 1.165) is 22.0 Å². The SMILES string of the molecule is CSC(=S)SC(C)C(=O)Oc1cc(OC(=O)C(C)SC(=S)SC)cc(C(=O)Oc2ccc3ccc4c(c3c2)N=CC2(O4)N(C)c3ccccc3C2(C)C)c1. The lowest BCUT2D eigenvalue weighted by atomic mass is 9.77. The fraction of sp³-hybridized carbons (Fsp3) is 0.282. The lowest BCUT2D eigenvalue weighted by Crippen LogP contribution is -2.61. The van der Waals surface area contributed by atoms with Crippen LogP contribution < -0.4 is 23.8 Å². The van der Waals surface area contributed by atoms with Gasteiger partial charge in [-0.15, -0.1) is 23.5 Å². The summed E-state index contributed by atoms with van der Waals surface area (Å²) in [7, 11) is 2.01. The molecule has 54 heavy (non-hydrogen) atoms. The number of esters is 3. The van der Waals surface area contributed by atoms with Gasteiger partial charge in [-0.05, 0) is 87.6 Å². The molecule has 2 heterocycles. The molecule has 0 amide bonds. The Kier molecular flexibility index (Phi) is 12.1. The average molecular weight is 837 g/mol. The Morgan fingerprint density at radius 2 is 1.39 bits per heavy atom. The Morgan fingerprint density at radius 3 is 1.98 bits per heavy atom. The molecular formula is C39H36N2O7S6. The zero-order chi connectivity index (χ0) is 38.9. The Bertz CT molecular complexity index is 2170. The van der Waals surface area contributed by atoms with Crippen LogP contribution in [0.1, 0.15) is 43.6 Å². The largest absolute Gasteiger partial charge is 0.459 e. The van der Waals surface area contributed by atoms with Gasteiger partial charge in [-0.25, -0.2) is 4.79 Å². The maximum Gasteiger partial charge on any atom is 0.343 e. The van der Waals surface area contributed by atoms with E-state index in [1.54, 1.807) is 26.0 Å². The molecule has 0 aliphatic carbocycles. The fourth-order valence-electron chi connectivity index (χ4n) is 6.27. The van der Waals surface area contributed by atoms with Crippen LogP contribution in [0.3, 0.4) is 0 Å². The summed E-state index contributed by atoms with van der Waals surface area (Å²) in [5.74, 6) is -1.11. The number of likely N-dealkylation sites (N-methyl/N-ethyl adjacent to an activating group) is 1. The highest BCUT2D eigenvalue weighted by molar-refractivity contribution is 8.47. The Labute approximate surface area is 341 Å². The van der Waals surface area contributed by atoms with Crippen molar-refractivity contribution in [2.24, 2.45) is 4.99 Å². The number of fused-ring (bicyclic) bond motifs is 4. The summed E-state index contributed by atoms with van der Waals surface area (Å²) in [5, 5.41) is 0.338. The number of hydrogen-bond acceptors (Lipinski definition) is 15. The zero-order valence-corrected chi connectivity index (χ0v) is 35.3. The van der Waals surface area contributed by atoms with E-state index in [-0.39, 0.29) is 22.8 Å². The number of thiocarbonyl (C=S) groups is 2. The molecule has 0 saturated heterocycles. The topological polar surface area (TPSA) is 104 Å². The normalized spacial score (nSPS) is 17.6. The summed E-state index contributed by atoms with van der Waals surface area (Å²) in [6.07, 6.45) is 5.50. The molecule has 0 radical (unpaired) electrons. The van der Waals surface area contributed by atoms with Gasteiger partial charge in [0.1, 0.15) is 46.2 Å². The minimum absolute atomic E-state index is 0.00494. The molecule has 15 heteroatoms. The van der Waals surface area contributed by atoms with Gasteiger partial charge in [0, 0.05) is 24.2 Å². The third kappa shape index (κ3) is 7.89. The molecule has 0 bridgehead atoms. The van der Waals surface area contributed by atoms with Gasteiger partial charge in [0.05, 0.1) is 17.2 Å². The number of benzene rings is 4. The molecule has 2 aliphatic heterocycles. The van der Waals surface area contributed by atoms with E-state index in [0.29, 0.717) is 18.5 Å². The summed E-state index contributed by atoms with van der Waals surface area (Å²) in [6, 6.07) is 21.4. The number of anilines is 1. The van der Waals surface area contributed by atoms with Crippen LogP contribution in [-0.4, -0.2) is 67.0 Å². The monoisotopic (exact) mass is 836 g/mol. The Balaban J connectivity index is 1.28. The number of para-hydroxylation sites is 1. The second-order valence-electron chi connectivity index (χ2n) is 12.9. The van der Waals surface area contributed by atoms with Gasteiger partial charge in [-0.2, -0.15) is 0 Å². The smallest absolute Gasteiger partial charge is 0.343 e. The third-order valence-electron chi connectivity index (χ3n) is 9.20. The first kappa shape index (κ1) is 40.1. The van der Waals surface area contributed by atoms with Crippen molar-refractivity contribution in [3.05, 3.63) is 83.9 Å². The molecule has 4 aromatic carbocycles. The molecule has 0 aromatic heterocycles. The Hall–Kier alpha value is -3.60. The molecule has 2 aliphatic rings. The third-order valence-corrected chi connectivity index (χ3v) is 14.5. The first-order chi connectivity index (χ1) is 25.7. The first-order valence-electron chi connectivity index (χ1n) is 16.6. The molecule has 6 rings (SSSR count). The van der Waals surface area contributed by atoms with Gasteiger partial charge in [0.2, 0.25) is 5.72 Å². The lowest BCUT2D eigenvalue weighted by molar-refractivity contribution is -0.133. The summed E-state index contributed by atoms with van der Waals surface area (Å²) in [6.45, 7) is 7.63. The molecule has 0 saturated carbocycles. The maximum absolute atomic E-state index is 13.7. The molecule has 3 unspecified atom stereocenters. The van der Waals surface area contributed by atoms with Crippen molar-refractivity contribution in [1.82, 2.24) is 0 Å². The number of nitrogens with zero attached hydrogens (tertiary/aromatic N) is 2. The van der Waals surface area contributed by atoms with Crippen molar-refractivity contribution >= 4 is 125 Å². The van der Waals surface area contributed by atoms with Crippen molar-refractivity contribution in [1.29, 1.82) is 0 Å². The van der Waals surface area contributed by atoms with Crippen molar-refractivity contribution in [3.63, 3.8) is 0 Å². The number of carbonyl (C=O) groups excluding carboxylic acids is 3. The van der Waals surface area contributed by atoms with E-state index in [1.807, 2.05) is 56.1 Å². The van der Waals surface area contributed by atoms with Crippen LogP contribution in [0.2, 0.25) is 0 Å². The summed E-state index contributed by atoms with van der Waals surface area (Å²) in [4.78, 5) is 46.8. The van der Waals surface area contributed by atoms with E-state index < -0.39 is 39.5 Å². The van der Waals surface area contributed by atoms with Gasteiger partial charge < -0.3 is 23.8 Å². The highest BCUT2D eigenvalue weighted by atomic mass is 32.2. The average Bonchev–Trinajstić information content (AvgIpc) is 3.31. The van der Waals surface area contributed by atoms with Crippen LogP contribution in [0.5, 0.6) is 23.0 Å². The Morgan fingerprint density at radius 1 is 0.796 bits per heavy atom. The number of carbonyl (C=O) groups is 3. The number of aliphatic imine (C=N–C) groups is 1. The first-order valence-corrected chi connectivity index (χ1v) is 21.6. The minimum atomic E-state index is -0.855. The lowest BCUT2D eigenvalue weighted by Gasteiger charge is -2.45. The van der Waals surface area contributed by atoms with Gasteiger partial charge in [0.15, 0.2) is 0 Å². The predicted molar refractivity (Wildman–Crippen MR) is 232 cm³/mol. The highest BCUT2D eigenvalue weighted by Gasteiger charge is 2.58. The van der Waals surface area contributed by atoms with Crippen LogP contribution in [0.25, 0.3) is 10.8 Å². The molecule has 0 fully saturated rings. The van der Waals surface area contributed by atoms with Gasteiger partial charge >= 0.3 is 17.9 Å². The van der Waals surface area contributed by atoms with Crippen LogP contribution >= 0.6 is 71.5 Å². The molecular weight excluding hydrogens is 801 g/mol. The van der Waals surface area contributed by atoms with Gasteiger partial charge in [-0.3, -0.25) is 14.6 Å². The zero-order valence-electron chi connectivity index (χ0n) is 30.4. The number of rotatable bonds is 8. The van der Waals surface area contributed by atoms with E-state index in [9.17, 15) is 14.4 Å². The van der Waals surface area contributed by atoms with Gasteiger partial charge in [0.25, 0.3) is 0 Å². The predicted octanol–water partition coefficient (Wildman–Crippen LogP) is 9.63.